The van der Waals surface area contributed by atoms with Crippen molar-refractivity contribution in [1.29, 1.82) is 0 Å². The molecule has 112 valence electrons. The average molecular weight is 279 g/mol. The van der Waals surface area contributed by atoms with E-state index in [2.05, 4.69) is 0 Å². The lowest BCUT2D eigenvalue weighted by molar-refractivity contribution is -0.140. The molecule has 0 spiro atoms. The molecule has 20 heavy (non-hydrogen) atoms. The number of para-hydroxylation sites is 1. The van der Waals surface area contributed by atoms with Gasteiger partial charge in [0.15, 0.2) is 0 Å². The van der Waals surface area contributed by atoms with Crippen LogP contribution < -0.4 is 4.74 Å². The number of likely N-dealkylation sites (N-methyl/N-ethyl adjacent to an activating group) is 1. The van der Waals surface area contributed by atoms with Gasteiger partial charge in [0, 0.05) is 7.05 Å². The van der Waals surface area contributed by atoms with Gasteiger partial charge in [-0.25, -0.2) is 0 Å². The van der Waals surface area contributed by atoms with Gasteiger partial charge in [-0.05, 0) is 39.3 Å². The van der Waals surface area contributed by atoms with Crippen LogP contribution in [0.5, 0.6) is 5.75 Å². The zero-order valence-corrected chi connectivity index (χ0v) is 13.1. The highest BCUT2D eigenvalue weighted by atomic mass is 16.5. The average Bonchev–Trinajstić information content (AvgIpc) is 2.37. The molecule has 1 amide bonds. The molecule has 0 fully saturated rings. The Morgan fingerprint density at radius 3 is 2.50 bits per heavy atom. The first-order chi connectivity index (χ1) is 9.29. The number of carbonyl (C=O) groups excluding carboxylic acids is 1. The summed E-state index contributed by atoms with van der Waals surface area (Å²) >= 11 is 0. The van der Waals surface area contributed by atoms with Gasteiger partial charge in [0.25, 0.3) is 0 Å². The summed E-state index contributed by atoms with van der Waals surface area (Å²) in [5.74, 6) is 0.826. The fourth-order valence-electron chi connectivity index (χ4n) is 1.52. The van der Waals surface area contributed by atoms with E-state index in [4.69, 9.17) is 9.47 Å². The molecule has 0 atom stereocenters. The third-order valence-electron chi connectivity index (χ3n) is 2.83. The highest BCUT2D eigenvalue weighted by Crippen LogP contribution is 2.15. The smallest absolute Gasteiger partial charge is 0.248 e. The molecule has 0 bridgehead atoms. The van der Waals surface area contributed by atoms with Crippen molar-refractivity contribution in [2.75, 3.05) is 26.8 Å². The van der Waals surface area contributed by atoms with Crippen molar-refractivity contribution in [2.45, 2.75) is 33.3 Å². The van der Waals surface area contributed by atoms with Gasteiger partial charge in [-0.15, -0.1) is 0 Å². The lowest BCUT2D eigenvalue weighted by Crippen LogP contribution is -2.36. The summed E-state index contributed by atoms with van der Waals surface area (Å²) in [4.78, 5) is 13.5. The van der Waals surface area contributed by atoms with Gasteiger partial charge in [-0.2, -0.15) is 0 Å². The molecule has 0 N–H and O–H groups in total. The second kappa shape index (κ2) is 7.29. The van der Waals surface area contributed by atoms with Crippen molar-refractivity contribution in [3.63, 3.8) is 0 Å². The van der Waals surface area contributed by atoms with Crippen LogP contribution in [-0.4, -0.2) is 43.2 Å². The van der Waals surface area contributed by atoms with E-state index in [0.29, 0.717) is 13.2 Å². The predicted octanol–water partition coefficient (Wildman–Crippen LogP) is 2.65. The lowest BCUT2D eigenvalue weighted by Gasteiger charge is -2.22. The first kappa shape index (κ1) is 16.5. The zero-order valence-electron chi connectivity index (χ0n) is 13.1. The van der Waals surface area contributed by atoms with Crippen LogP contribution in [-0.2, 0) is 9.53 Å². The number of aryl methyl sites for hydroxylation is 1. The SMILES string of the molecule is Cc1ccccc1OCCN(C)C(=O)COC(C)(C)C. The Morgan fingerprint density at radius 2 is 1.90 bits per heavy atom. The zero-order chi connectivity index (χ0) is 15.2. The minimum absolute atomic E-state index is 0.0340. The largest absolute Gasteiger partial charge is 0.491 e. The molecule has 1 aromatic carbocycles. The van der Waals surface area contributed by atoms with E-state index < -0.39 is 0 Å². The Bertz CT molecular complexity index is 438. The van der Waals surface area contributed by atoms with E-state index in [-0.39, 0.29) is 18.1 Å². The summed E-state index contributed by atoms with van der Waals surface area (Å²) in [5, 5.41) is 0. The van der Waals surface area contributed by atoms with Gasteiger partial charge >= 0.3 is 0 Å². The molecule has 0 saturated carbocycles. The van der Waals surface area contributed by atoms with Gasteiger partial charge < -0.3 is 14.4 Å². The van der Waals surface area contributed by atoms with Crippen LogP contribution >= 0.6 is 0 Å². The van der Waals surface area contributed by atoms with E-state index in [0.717, 1.165) is 11.3 Å². The summed E-state index contributed by atoms with van der Waals surface area (Å²) in [6.07, 6.45) is 0. The third kappa shape index (κ3) is 6.06. The molecule has 0 radical (unpaired) electrons. The van der Waals surface area contributed by atoms with Gasteiger partial charge in [-0.3, -0.25) is 4.79 Å². The highest BCUT2D eigenvalue weighted by molar-refractivity contribution is 5.77. The lowest BCUT2D eigenvalue weighted by atomic mass is 10.2. The van der Waals surface area contributed by atoms with Crippen molar-refractivity contribution in [3.05, 3.63) is 29.8 Å². The molecular weight excluding hydrogens is 254 g/mol. The molecule has 0 aliphatic heterocycles. The quantitative estimate of drug-likeness (QED) is 0.803. The van der Waals surface area contributed by atoms with E-state index >= 15 is 0 Å². The Labute approximate surface area is 121 Å². The number of ether oxygens (including phenoxy) is 2. The number of carbonyl (C=O) groups is 1. The maximum Gasteiger partial charge on any atom is 0.248 e. The van der Waals surface area contributed by atoms with Gasteiger partial charge in [0.2, 0.25) is 5.91 Å². The van der Waals surface area contributed by atoms with Crippen molar-refractivity contribution in [1.82, 2.24) is 4.90 Å². The highest BCUT2D eigenvalue weighted by Gasteiger charge is 2.15. The predicted molar refractivity (Wildman–Crippen MR) is 80.0 cm³/mol. The van der Waals surface area contributed by atoms with Crippen molar-refractivity contribution in [3.8, 4) is 5.75 Å². The Kier molecular flexibility index (Phi) is 6.02. The third-order valence-corrected chi connectivity index (χ3v) is 2.83. The Balaban J connectivity index is 2.31. The van der Waals surface area contributed by atoms with Crippen molar-refractivity contribution >= 4 is 5.91 Å². The normalized spacial score (nSPS) is 11.2. The minimum Gasteiger partial charge on any atom is -0.491 e. The van der Waals surface area contributed by atoms with Gasteiger partial charge in [-0.1, -0.05) is 18.2 Å². The molecule has 0 unspecified atom stereocenters. The van der Waals surface area contributed by atoms with Crippen molar-refractivity contribution in [2.24, 2.45) is 0 Å². The molecule has 1 rings (SSSR count). The second-order valence-corrected chi connectivity index (χ2v) is 5.83. The van der Waals surface area contributed by atoms with E-state index in [1.165, 1.54) is 0 Å². The molecule has 0 saturated heterocycles. The van der Waals surface area contributed by atoms with Crippen LogP contribution in [0.25, 0.3) is 0 Å². The number of amides is 1. The molecule has 4 nitrogen and oxygen atoms in total. The molecule has 4 heteroatoms. The number of benzene rings is 1. The molecule has 0 aliphatic rings. The molecule has 0 heterocycles. The fraction of sp³-hybridized carbons (Fsp3) is 0.562. The van der Waals surface area contributed by atoms with Crippen molar-refractivity contribution < 1.29 is 14.3 Å². The number of hydrogen-bond donors (Lipinski definition) is 0. The van der Waals surface area contributed by atoms with Gasteiger partial charge in [0.1, 0.15) is 19.0 Å². The van der Waals surface area contributed by atoms with Crippen LogP contribution in [0.4, 0.5) is 0 Å². The topological polar surface area (TPSA) is 38.8 Å². The van der Waals surface area contributed by atoms with Gasteiger partial charge in [0.05, 0.1) is 12.1 Å². The van der Waals surface area contributed by atoms with Crippen LogP contribution in [0.3, 0.4) is 0 Å². The summed E-state index contributed by atoms with van der Waals surface area (Å²) < 4.78 is 11.1. The molecule has 1 aromatic rings. The van der Waals surface area contributed by atoms with Crippen LogP contribution in [0.1, 0.15) is 26.3 Å². The minimum atomic E-state index is -0.297. The maximum atomic E-state index is 11.8. The summed E-state index contributed by atoms with van der Waals surface area (Å²) in [6.45, 7) is 8.92. The maximum absolute atomic E-state index is 11.8. The summed E-state index contributed by atoms with van der Waals surface area (Å²) in [7, 11) is 1.76. The number of nitrogens with zero attached hydrogens (tertiary/aromatic N) is 1. The Hall–Kier alpha value is -1.55. The van der Waals surface area contributed by atoms with E-state index in [9.17, 15) is 4.79 Å². The standard InChI is InChI=1S/C16H25NO3/c1-13-8-6-7-9-14(13)19-11-10-17(5)15(18)12-20-16(2,3)4/h6-9H,10-12H2,1-5H3. The fourth-order valence-corrected chi connectivity index (χ4v) is 1.52. The number of rotatable bonds is 6. The van der Waals surface area contributed by atoms with E-state index in [1.54, 1.807) is 11.9 Å². The van der Waals surface area contributed by atoms with Crippen LogP contribution in [0.2, 0.25) is 0 Å². The second-order valence-electron chi connectivity index (χ2n) is 5.83. The monoisotopic (exact) mass is 279 g/mol. The number of hydrogen-bond acceptors (Lipinski definition) is 3. The summed E-state index contributed by atoms with van der Waals surface area (Å²) in [5.41, 5.74) is 0.797. The van der Waals surface area contributed by atoms with Crippen LogP contribution in [0, 0.1) is 6.92 Å². The first-order valence-electron chi connectivity index (χ1n) is 6.86. The molecule has 0 aromatic heterocycles. The molecular formula is C16H25NO3. The summed E-state index contributed by atoms with van der Waals surface area (Å²) in [6, 6.07) is 7.84. The first-order valence-corrected chi connectivity index (χ1v) is 6.86. The molecule has 0 aliphatic carbocycles. The van der Waals surface area contributed by atoms with E-state index in [1.807, 2.05) is 52.0 Å². The Morgan fingerprint density at radius 1 is 1.25 bits per heavy atom. The van der Waals surface area contributed by atoms with Crippen LogP contribution in [0.15, 0.2) is 24.3 Å².